The highest BCUT2D eigenvalue weighted by molar-refractivity contribution is 5.79. The van der Waals surface area contributed by atoms with Crippen LogP contribution in [0.2, 0.25) is 0 Å². The lowest BCUT2D eigenvalue weighted by molar-refractivity contribution is 0.469. The molecule has 1 unspecified atom stereocenters. The molecule has 0 saturated heterocycles. The predicted octanol–water partition coefficient (Wildman–Crippen LogP) is 2.45. The maximum atomic E-state index is 4.73. The van der Waals surface area contributed by atoms with Gasteiger partial charge in [-0.15, -0.1) is 0 Å². The molecule has 0 amide bonds. The molecule has 5 nitrogen and oxygen atoms in total. The number of guanidine groups is 1. The van der Waals surface area contributed by atoms with Crippen molar-refractivity contribution in [2.75, 3.05) is 13.1 Å². The van der Waals surface area contributed by atoms with Gasteiger partial charge in [-0.25, -0.2) is 4.99 Å². The molecule has 1 atom stereocenters. The van der Waals surface area contributed by atoms with E-state index in [0.717, 1.165) is 30.7 Å². The van der Waals surface area contributed by atoms with Crippen molar-refractivity contribution in [2.24, 2.45) is 18.0 Å². The summed E-state index contributed by atoms with van der Waals surface area (Å²) in [5.41, 5.74) is 3.48. The van der Waals surface area contributed by atoms with Crippen molar-refractivity contribution in [3.05, 3.63) is 29.1 Å². The Balaban J connectivity index is 1.95. The second-order valence-corrected chi connectivity index (χ2v) is 6.00. The van der Waals surface area contributed by atoms with E-state index < -0.39 is 0 Å². The van der Waals surface area contributed by atoms with Crippen molar-refractivity contribution in [3.8, 4) is 0 Å². The van der Waals surface area contributed by atoms with Crippen LogP contribution >= 0.6 is 0 Å². The van der Waals surface area contributed by atoms with Gasteiger partial charge in [-0.1, -0.05) is 12.2 Å². The fraction of sp³-hybridized carbons (Fsp3) is 0.647. The van der Waals surface area contributed by atoms with Crippen LogP contribution in [0.5, 0.6) is 0 Å². The quantitative estimate of drug-likeness (QED) is 0.499. The van der Waals surface area contributed by atoms with E-state index in [9.17, 15) is 0 Å². The third-order valence-electron chi connectivity index (χ3n) is 4.33. The molecule has 2 rings (SSSR count). The van der Waals surface area contributed by atoms with Crippen LogP contribution in [0.4, 0.5) is 0 Å². The zero-order valence-corrected chi connectivity index (χ0v) is 14.3. The first-order chi connectivity index (χ1) is 10.6. The van der Waals surface area contributed by atoms with Crippen LogP contribution in [0.1, 0.15) is 43.1 Å². The number of hydrogen-bond acceptors (Lipinski definition) is 2. The lowest BCUT2D eigenvalue weighted by atomic mass is 9.94. The Morgan fingerprint density at radius 2 is 2.18 bits per heavy atom. The van der Waals surface area contributed by atoms with Gasteiger partial charge in [0.05, 0.1) is 12.2 Å². The molecular formula is C17H29N5. The molecule has 0 radical (unpaired) electrons. The summed E-state index contributed by atoms with van der Waals surface area (Å²) < 4.78 is 1.93. The first-order valence-corrected chi connectivity index (χ1v) is 8.28. The normalized spacial score (nSPS) is 18.5. The Hall–Kier alpha value is -1.78. The van der Waals surface area contributed by atoms with Crippen LogP contribution in [0, 0.1) is 19.8 Å². The van der Waals surface area contributed by atoms with Crippen molar-refractivity contribution < 1.29 is 0 Å². The van der Waals surface area contributed by atoms with Crippen LogP contribution in [0.3, 0.4) is 0 Å². The molecule has 5 heteroatoms. The summed E-state index contributed by atoms with van der Waals surface area (Å²) in [6.07, 6.45) is 8.22. The number of hydrogen-bond donors (Lipinski definition) is 2. The number of aryl methyl sites for hydroxylation is 2. The van der Waals surface area contributed by atoms with Gasteiger partial charge in [-0.2, -0.15) is 5.10 Å². The van der Waals surface area contributed by atoms with E-state index in [-0.39, 0.29) is 0 Å². The van der Waals surface area contributed by atoms with E-state index in [2.05, 4.69) is 41.7 Å². The zero-order valence-electron chi connectivity index (χ0n) is 14.3. The Labute approximate surface area is 133 Å². The number of nitrogens with one attached hydrogen (secondary N) is 2. The van der Waals surface area contributed by atoms with Crippen LogP contribution < -0.4 is 10.6 Å². The minimum atomic E-state index is 0.672. The molecule has 0 spiro atoms. The molecule has 122 valence electrons. The van der Waals surface area contributed by atoms with Gasteiger partial charge in [0.1, 0.15) is 0 Å². The molecule has 2 N–H and O–H groups in total. The molecule has 0 aromatic carbocycles. The molecule has 1 aromatic rings. The van der Waals surface area contributed by atoms with Crippen molar-refractivity contribution >= 4 is 5.96 Å². The van der Waals surface area contributed by atoms with Gasteiger partial charge >= 0.3 is 0 Å². The number of aliphatic imine (C=N–C) groups is 1. The lowest BCUT2D eigenvalue weighted by Gasteiger charge is -2.20. The summed E-state index contributed by atoms with van der Waals surface area (Å²) in [6.45, 7) is 8.78. The lowest BCUT2D eigenvalue weighted by Crippen LogP contribution is -2.40. The fourth-order valence-corrected chi connectivity index (χ4v) is 2.83. The number of allylic oxidation sites excluding steroid dienone is 2. The largest absolute Gasteiger partial charge is 0.357 e. The molecule has 0 bridgehead atoms. The fourth-order valence-electron chi connectivity index (χ4n) is 2.83. The molecule has 1 aromatic heterocycles. The number of nitrogens with zero attached hydrogens (tertiary/aromatic N) is 3. The minimum Gasteiger partial charge on any atom is -0.357 e. The van der Waals surface area contributed by atoms with E-state index in [1.165, 1.54) is 30.5 Å². The molecular weight excluding hydrogens is 274 g/mol. The zero-order chi connectivity index (χ0) is 15.9. The van der Waals surface area contributed by atoms with E-state index in [1.54, 1.807) is 0 Å². The van der Waals surface area contributed by atoms with E-state index >= 15 is 0 Å². The molecule has 0 aliphatic heterocycles. The maximum Gasteiger partial charge on any atom is 0.191 e. The molecule has 22 heavy (non-hydrogen) atoms. The van der Waals surface area contributed by atoms with Gasteiger partial charge in [-0.05, 0) is 46.0 Å². The summed E-state index contributed by atoms with van der Waals surface area (Å²) in [5.74, 6) is 1.62. The molecule has 1 aliphatic carbocycles. The summed E-state index contributed by atoms with van der Waals surface area (Å²) in [4.78, 5) is 4.73. The van der Waals surface area contributed by atoms with Crippen LogP contribution in [-0.4, -0.2) is 28.8 Å². The van der Waals surface area contributed by atoms with Gasteiger partial charge in [0.2, 0.25) is 0 Å². The average Bonchev–Trinajstić information content (AvgIpc) is 2.76. The first-order valence-electron chi connectivity index (χ1n) is 8.28. The number of aromatic nitrogens is 2. The minimum absolute atomic E-state index is 0.672. The van der Waals surface area contributed by atoms with Crippen LogP contribution in [-0.2, 0) is 13.6 Å². The highest BCUT2D eigenvalue weighted by atomic mass is 15.3. The summed E-state index contributed by atoms with van der Waals surface area (Å²) in [5, 5.41) is 11.3. The Morgan fingerprint density at radius 3 is 2.77 bits per heavy atom. The Kier molecular flexibility index (Phi) is 6.04. The maximum absolute atomic E-state index is 4.73. The third kappa shape index (κ3) is 4.36. The van der Waals surface area contributed by atoms with Gasteiger partial charge in [0.25, 0.3) is 0 Å². The van der Waals surface area contributed by atoms with Gasteiger partial charge in [0.15, 0.2) is 5.96 Å². The van der Waals surface area contributed by atoms with E-state index in [0.29, 0.717) is 6.54 Å². The predicted molar refractivity (Wildman–Crippen MR) is 92.0 cm³/mol. The highest BCUT2D eigenvalue weighted by Gasteiger charge is 2.11. The van der Waals surface area contributed by atoms with Crippen LogP contribution in [0.25, 0.3) is 0 Å². The first kappa shape index (κ1) is 16.6. The SMILES string of the molecule is CCNC(=NCc1c(C)nn(C)c1C)NCC1CC=CCC1. The molecule has 0 saturated carbocycles. The summed E-state index contributed by atoms with van der Waals surface area (Å²) in [6, 6.07) is 0. The standard InChI is InChI=1S/C17H29N5/c1-5-18-17(19-11-15-9-7-6-8-10-15)20-12-16-13(2)21-22(4)14(16)3/h6-7,15H,5,8-12H2,1-4H3,(H2,18,19,20). The van der Waals surface area contributed by atoms with Crippen molar-refractivity contribution in [2.45, 2.75) is 46.6 Å². The van der Waals surface area contributed by atoms with Gasteiger partial charge < -0.3 is 10.6 Å². The average molecular weight is 303 g/mol. The van der Waals surface area contributed by atoms with E-state index in [1.807, 2.05) is 18.7 Å². The smallest absolute Gasteiger partial charge is 0.191 e. The summed E-state index contributed by atoms with van der Waals surface area (Å²) >= 11 is 0. The topological polar surface area (TPSA) is 54.2 Å². The van der Waals surface area contributed by atoms with Crippen LogP contribution in [0.15, 0.2) is 17.1 Å². The Morgan fingerprint density at radius 1 is 1.36 bits per heavy atom. The van der Waals surface area contributed by atoms with Crippen molar-refractivity contribution in [1.29, 1.82) is 0 Å². The highest BCUT2D eigenvalue weighted by Crippen LogP contribution is 2.17. The van der Waals surface area contributed by atoms with Gasteiger partial charge in [-0.3, -0.25) is 4.68 Å². The molecule has 1 heterocycles. The van der Waals surface area contributed by atoms with E-state index in [4.69, 9.17) is 4.99 Å². The van der Waals surface area contributed by atoms with Gasteiger partial charge in [0, 0.05) is 31.4 Å². The Bertz CT molecular complexity index is 541. The summed E-state index contributed by atoms with van der Waals surface area (Å²) in [7, 11) is 1.98. The third-order valence-corrected chi connectivity index (χ3v) is 4.33. The van der Waals surface area contributed by atoms with Crippen molar-refractivity contribution in [1.82, 2.24) is 20.4 Å². The number of rotatable bonds is 5. The monoisotopic (exact) mass is 303 g/mol. The van der Waals surface area contributed by atoms with Crippen molar-refractivity contribution in [3.63, 3.8) is 0 Å². The molecule has 0 fully saturated rings. The second-order valence-electron chi connectivity index (χ2n) is 6.00. The molecule has 1 aliphatic rings. The second kappa shape index (κ2) is 8.01.